The van der Waals surface area contributed by atoms with Crippen molar-refractivity contribution in [1.82, 2.24) is 9.80 Å². The van der Waals surface area contributed by atoms with E-state index >= 15 is 0 Å². The second-order valence-corrected chi connectivity index (χ2v) is 9.53. The Balaban J connectivity index is 1.57. The molecule has 2 saturated heterocycles. The first kappa shape index (κ1) is 19.6. The summed E-state index contributed by atoms with van der Waals surface area (Å²) < 4.78 is 0. The first-order chi connectivity index (χ1) is 12.4. The summed E-state index contributed by atoms with van der Waals surface area (Å²) in [6, 6.07) is 7.70. The number of nitrogens with zero attached hydrogens (tertiary/aromatic N) is 2. The van der Waals surface area contributed by atoms with Crippen molar-refractivity contribution in [1.29, 1.82) is 0 Å². The van der Waals surface area contributed by atoms with Crippen LogP contribution in [0.5, 0.6) is 0 Å². The summed E-state index contributed by atoms with van der Waals surface area (Å²) in [4.78, 5) is 29.0. The van der Waals surface area contributed by atoms with Gasteiger partial charge in [-0.1, -0.05) is 30.7 Å². The molecule has 1 aromatic carbocycles. The quantitative estimate of drug-likeness (QED) is 0.762. The summed E-state index contributed by atoms with van der Waals surface area (Å²) in [5.41, 5.74) is 1.15. The van der Waals surface area contributed by atoms with E-state index in [-0.39, 0.29) is 22.5 Å². The zero-order chi connectivity index (χ0) is 18.7. The summed E-state index contributed by atoms with van der Waals surface area (Å²) in [5.74, 6) is 1.43. The predicted molar refractivity (Wildman–Crippen MR) is 107 cm³/mol. The van der Waals surface area contributed by atoms with Crippen LogP contribution in [0.15, 0.2) is 24.3 Å². The van der Waals surface area contributed by atoms with Gasteiger partial charge in [-0.05, 0) is 43.2 Å². The standard InChI is InChI=1S/C20H27ClN2O2S/c1-3-26-15(2)19(25)22-10-8-20(9-11-22)12-18(24)23(14-20)13-16-4-6-17(21)7-5-16/h4-7,15H,3,8-14H2,1-2H3/t15-/m0/s1. The molecule has 0 aliphatic carbocycles. The minimum atomic E-state index is 0.0284. The lowest BCUT2D eigenvalue weighted by Gasteiger charge is -2.39. The number of likely N-dealkylation sites (tertiary alicyclic amines) is 2. The molecule has 142 valence electrons. The van der Waals surface area contributed by atoms with E-state index in [9.17, 15) is 9.59 Å². The molecular weight excluding hydrogens is 368 g/mol. The monoisotopic (exact) mass is 394 g/mol. The van der Waals surface area contributed by atoms with Crippen molar-refractivity contribution in [2.24, 2.45) is 5.41 Å². The lowest BCUT2D eigenvalue weighted by molar-refractivity contribution is -0.132. The molecule has 2 amide bonds. The lowest BCUT2D eigenvalue weighted by Crippen LogP contribution is -2.46. The molecule has 0 aromatic heterocycles. The predicted octanol–water partition coefficient (Wildman–Crippen LogP) is 3.82. The highest BCUT2D eigenvalue weighted by molar-refractivity contribution is 8.00. The van der Waals surface area contributed by atoms with Crippen molar-refractivity contribution in [2.45, 2.75) is 44.9 Å². The summed E-state index contributed by atoms with van der Waals surface area (Å²) >= 11 is 7.64. The van der Waals surface area contributed by atoms with Gasteiger partial charge in [-0.2, -0.15) is 0 Å². The van der Waals surface area contributed by atoms with Crippen LogP contribution in [0.3, 0.4) is 0 Å². The maximum absolute atomic E-state index is 12.5. The smallest absolute Gasteiger partial charge is 0.235 e. The fourth-order valence-corrected chi connectivity index (χ4v) is 4.97. The number of piperidine rings is 1. The van der Waals surface area contributed by atoms with Crippen molar-refractivity contribution in [3.63, 3.8) is 0 Å². The largest absolute Gasteiger partial charge is 0.342 e. The minimum absolute atomic E-state index is 0.0284. The molecule has 4 nitrogen and oxygen atoms in total. The molecule has 3 rings (SSSR count). The zero-order valence-corrected chi connectivity index (χ0v) is 17.1. The van der Waals surface area contributed by atoms with E-state index in [1.165, 1.54) is 0 Å². The molecule has 1 atom stereocenters. The lowest BCUT2D eigenvalue weighted by atomic mass is 9.77. The van der Waals surface area contributed by atoms with Crippen LogP contribution >= 0.6 is 23.4 Å². The SMILES string of the molecule is CCS[C@@H](C)C(=O)N1CCC2(CC1)CC(=O)N(Cc1ccc(Cl)cc1)C2. The van der Waals surface area contributed by atoms with E-state index in [0.29, 0.717) is 18.0 Å². The third kappa shape index (κ3) is 4.37. The van der Waals surface area contributed by atoms with Crippen LogP contribution in [-0.2, 0) is 16.1 Å². The molecule has 1 aromatic rings. The van der Waals surface area contributed by atoms with Gasteiger partial charge in [-0.25, -0.2) is 0 Å². The number of thioether (sulfide) groups is 1. The molecule has 2 aliphatic heterocycles. The van der Waals surface area contributed by atoms with Crippen LogP contribution in [0.2, 0.25) is 5.02 Å². The Kier molecular flexibility index (Phi) is 6.18. The van der Waals surface area contributed by atoms with Crippen LogP contribution in [-0.4, -0.2) is 52.3 Å². The Labute approximate surface area is 165 Å². The molecule has 1 spiro atoms. The Morgan fingerprint density at radius 3 is 2.54 bits per heavy atom. The first-order valence-corrected chi connectivity index (χ1v) is 10.8. The van der Waals surface area contributed by atoms with Crippen molar-refractivity contribution < 1.29 is 9.59 Å². The number of carbonyl (C=O) groups is 2. The first-order valence-electron chi connectivity index (χ1n) is 9.35. The third-order valence-corrected chi connectivity index (χ3v) is 6.88. The topological polar surface area (TPSA) is 40.6 Å². The minimum Gasteiger partial charge on any atom is -0.342 e. The van der Waals surface area contributed by atoms with E-state index in [1.54, 1.807) is 11.8 Å². The van der Waals surface area contributed by atoms with E-state index in [4.69, 9.17) is 11.6 Å². The van der Waals surface area contributed by atoms with E-state index < -0.39 is 0 Å². The maximum Gasteiger partial charge on any atom is 0.235 e. The van der Waals surface area contributed by atoms with Crippen LogP contribution in [0.4, 0.5) is 0 Å². The molecule has 2 aliphatic rings. The normalized spacial score (nSPS) is 20.7. The Hall–Kier alpha value is -1.20. The van der Waals surface area contributed by atoms with E-state index in [0.717, 1.165) is 43.8 Å². The van der Waals surface area contributed by atoms with Crippen LogP contribution in [0.25, 0.3) is 0 Å². The van der Waals surface area contributed by atoms with E-state index in [1.807, 2.05) is 41.0 Å². The zero-order valence-electron chi connectivity index (χ0n) is 15.5. The number of halogens is 1. The van der Waals surface area contributed by atoms with Gasteiger partial charge in [0.05, 0.1) is 5.25 Å². The second-order valence-electron chi connectivity index (χ2n) is 7.48. The fourth-order valence-electron chi connectivity index (χ4n) is 4.05. The fraction of sp³-hybridized carbons (Fsp3) is 0.600. The molecule has 2 fully saturated rings. The number of rotatable bonds is 5. The van der Waals surface area contributed by atoms with Gasteiger partial charge in [0.2, 0.25) is 11.8 Å². The second kappa shape index (κ2) is 8.22. The Bertz CT molecular complexity index is 656. The van der Waals surface area contributed by atoms with Gasteiger partial charge in [0, 0.05) is 43.0 Å². The molecule has 2 heterocycles. The molecule has 0 unspecified atom stereocenters. The molecule has 0 bridgehead atoms. The number of hydrogen-bond donors (Lipinski definition) is 0. The molecule has 0 radical (unpaired) electrons. The highest BCUT2D eigenvalue weighted by atomic mass is 35.5. The highest BCUT2D eigenvalue weighted by Crippen LogP contribution is 2.41. The third-order valence-electron chi connectivity index (χ3n) is 5.59. The van der Waals surface area contributed by atoms with Crippen LogP contribution in [0, 0.1) is 5.41 Å². The maximum atomic E-state index is 12.5. The van der Waals surface area contributed by atoms with Gasteiger partial charge < -0.3 is 9.80 Å². The van der Waals surface area contributed by atoms with Gasteiger partial charge in [-0.15, -0.1) is 11.8 Å². The summed E-state index contributed by atoms with van der Waals surface area (Å²) in [6.07, 6.45) is 2.46. The van der Waals surface area contributed by atoms with Gasteiger partial charge in [0.15, 0.2) is 0 Å². The van der Waals surface area contributed by atoms with Crippen molar-refractivity contribution in [3.8, 4) is 0 Å². The highest BCUT2D eigenvalue weighted by Gasteiger charge is 2.45. The number of hydrogen-bond acceptors (Lipinski definition) is 3. The summed E-state index contributed by atoms with van der Waals surface area (Å²) in [5, 5.41) is 0.742. The molecule has 6 heteroatoms. The summed E-state index contributed by atoms with van der Waals surface area (Å²) in [6.45, 7) is 7.07. The molecule has 0 saturated carbocycles. The number of amides is 2. The van der Waals surface area contributed by atoms with E-state index in [2.05, 4.69) is 6.92 Å². The van der Waals surface area contributed by atoms with Crippen molar-refractivity contribution in [2.75, 3.05) is 25.4 Å². The van der Waals surface area contributed by atoms with Crippen molar-refractivity contribution >= 4 is 35.2 Å². The number of carbonyl (C=O) groups excluding carboxylic acids is 2. The van der Waals surface area contributed by atoms with Gasteiger partial charge >= 0.3 is 0 Å². The molecular formula is C20H27ClN2O2S. The number of benzene rings is 1. The average molecular weight is 395 g/mol. The average Bonchev–Trinajstić information content (AvgIpc) is 2.92. The van der Waals surface area contributed by atoms with Crippen molar-refractivity contribution in [3.05, 3.63) is 34.9 Å². The van der Waals surface area contributed by atoms with Gasteiger partial charge in [0.1, 0.15) is 0 Å². The van der Waals surface area contributed by atoms with Gasteiger partial charge in [-0.3, -0.25) is 9.59 Å². The summed E-state index contributed by atoms with van der Waals surface area (Å²) in [7, 11) is 0. The Morgan fingerprint density at radius 1 is 1.27 bits per heavy atom. The van der Waals surface area contributed by atoms with Gasteiger partial charge in [0.25, 0.3) is 0 Å². The van der Waals surface area contributed by atoms with Crippen LogP contribution in [0.1, 0.15) is 38.7 Å². The Morgan fingerprint density at radius 2 is 1.92 bits per heavy atom. The molecule has 26 heavy (non-hydrogen) atoms. The molecule has 0 N–H and O–H groups in total. The van der Waals surface area contributed by atoms with Crippen LogP contribution < -0.4 is 0 Å².